The first-order chi connectivity index (χ1) is 9.19. The average molecular weight is 272 g/mol. The van der Waals surface area contributed by atoms with Gasteiger partial charge in [-0.2, -0.15) is 5.26 Å². The summed E-state index contributed by atoms with van der Waals surface area (Å²) in [7, 11) is 1.76. The molecule has 2 rings (SSSR count). The molecule has 0 aliphatic carbocycles. The molecule has 0 bridgehead atoms. The average Bonchev–Trinajstić information content (AvgIpc) is 2.46. The van der Waals surface area contributed by atoms with Crippen LogP contribution < -0.4 is 4.90 Å². The Hall–Kier alpha value is -1.99. The topological polar surface area (TPSA) is 27.0 Å². The van der Waals surface area contributed by atoms with Gasteiger partial charge in [-0.15, -0.1) is 11.8 Å². The first-order valence-electron chi connectivity index (χ1n) is 5.74. The molecule has 2 aromatic carbocycles. The number of halogens is 1. The Kier molecular flexibility index (Phi) is 4.08. The molecule has 0 fully saturated rings. The van der Waals surface area contributed by atoms with Gasteiger partial charge in [-0.1, -0.05) is 18.2 Å². The number of nitriles is 1. The molecule has 0 N–H and O–H groups in total. The van der Waals surface area contributed by atoms with Gasteiger partial charge in [0.15, 0.2) is 0 Å². The zero-order valence-corrected chi connectivity index (χ0v) is 11.5. The number of hydrogen-bond donors (Lipinski definition) is 0. The maximum absolute atomic E-state index is 13.8. The summed E-state index contributed by atoms with van der Waals surface area (Å²) in [5, 5.41) is 9.31. The molecule has 0 saturated heterocycles. The first-order valence-corrected chi connectivity index (χ1v) is 6.97. The molecule has 2 aromatic rings. The fourth-order valence-corrected chi connectivity index (χ4v) is 2.50. The second kappa shape index (κ2) is 5.77. The number of nitrogens with zero attached hydrogens (tertiary/aromatic N) is 2. The van der Waals surface area contributed by atoms with Gasteiger partial charge in [0.05, 0.1) is 16.9 Å². The van der Waals surface area contributed by atoms with Gasteiger partial charge >= 0.3 is 0 Å². The van der Waals surface area contributed by atoms with E-state index in [0.29, 0.717) is 16.9 Å². The summed E-state index contributed by atoms with van der Waals surface area (Å²) >= 11 is 1.51. The van der Waals surface area contributed by atoms with Crippen LogP contribution in [-0.4, -0.2) is 13.3 Å². The highest BCUT2D eigenvalue weighted by molar-refractivity contribution is 7.98. The van der Waals surface area contributed by atoms with Gasteiger partial charge in [0.1, 0.15) is 11.9 Å². The zero-order valence-electron chi connectivity index (χ0n) is 10.7. The van der Waals surface area contributed by atoms with Crippen molar-refractivity contribution in [3.05, 3.63) is 53.8 Å². The third kappa shape index (κ3) is 2.56. The minimum atomic E-state index is -0.302. The van der Waals surface area contributed by atoms with Crippen LogP contribution in [0.2, 0.25) is 0 Å². The summed E-state index contributed by atoms with van der Waals surface area (Å²) in [6.45, 7) is 0. The molecule has 0 amide bonds. The Balaban J connectivity index is 2.54. The van der Waals surface area contributed by atoms with Crippen molar-refractivity contribution in [1.82, 2.24) is 0 Å². The fourth-order valence-electron chi connectivity index (χ4n) is 1.94. The Labute approximate surface area is 116 Å². The Morgan fingerprint density at radius 1 is 1.11 bits per heavy atom. The van der Waals surface area contributed by atoms with Crippen molar-refractivity contribution in [2.45, 2.75) is 4.90 Å². The number of benzene rings is 2. The van der Waals surface area contributed by atoms with E-state index in [1.54, 1.807) is 30.1 Å². The second-order valence-corrected chi connectivity index (χ2v) is 4.82. The number of anilines is 2. The molecule has 0 aliphatic heterocycles. The van der Waals surface area contributed by atoms with Crippen molar-refractivity contribution in [3.8, 4) is 6.07 Å². The van der Waals surface area contributed by atoms with E-state index in [2.05, 4.69) is 6.07 Å². The summed E-state index contributed by atoms with van der Waals surface area (Å²) in [6.07, 6.45) is 1.92. The van der Waals surface area contributed by atoms with E-state index in [0.717, 1.165) is 4.90 Å². The minimum absolute atomic E-state index is 0.302. The van der Waals surface area contributed by atoms with Crippen molar-refractivity contribution in [2.75, 3.05) is 18.2 Å². The van der Waals surface area contributed by atoms with Crippen LogP contribution in [0.4, 0.5) is 15.8 Å². The second-order valence-electron chi connectivity index (χ2n) is 3.98. The highest BCUT2D eigenvalue weighted by Crippen LogP contribution is 2.33. The molecule has 0 spiro atoms. The van der Waals surface area contributed by atoms with Gasteiger partial charge in [0, 0.05) is 11.9 Å². The van der Waals surface area contributed by atoms with E-state index < -0.39 is 0 Å². The zero-order chi connectivity index (χ0) is 13.8. The quantitative estimate of drug-likeness (QED) is 0.784. The predicted octanol–water partition coefficient (Wildman–Crippen LogP) is 4.19. The van der Waals surface area contributed by atoms with Crippen LogP contribution in [0, 0.1) is 17.1 Å². The summed E-state index contributed by atoms with van der Waals surface area (Å²) in [5.41, 5.74) is 1.73. The number of hydrogen-bond acceptors (Lipinski definition) is 3. The molecule has 4 heteroatoms. The van der Waals surface area contributed by atoms with Crippen molar-refractivity contribution in [3.63, 3.8) is 0 Å². The molecule has 0 aliphatic rings. The molecule has 0 saturated carbocycles. The first kappa shape index (κ1) is 13.4. The standard InChI is InChI=1S/C15H13FN2S/c1-18(14-7-4-3-6-12(14)16)13-8-5-9-15(19-2)11(13)10-17/h3-9H,1-2H3. The van der Waals surface area contributed by atoms with Crippen LogP contribution in [0.15, 0.2) is 47.4 Å². The van der Waals surface area contributed by atoms with E-state index in [1.807, 2.05) is 24.5 Å². The van der Waals surface area contributed by atoms with E-state index >= 15 is 0 Å². The van der Waals surface area contributed by atoms with Crippen molar-refractivity contribution in [2.24, 2.45) is 0 Å². The van der Waals surface area contributed by atoms with Gasteiger partial charge < -0.3 is 4.90 Å². The molecule has 0 aromatic heterocycles. The molecular formula is C15H13FN2S. The van der Waals surface area contributed by atoms with Gasteiger partial charge in [-0.05, 0) is 30.5 Å². The Morgan fingerprint density at radius 3 is 2.42 bits per heavy atom. The summed E-state index contributed by atoms with van der Waals surface area (Å²) in [5.74, 6) is -0.302. The summed E-state index contributed by atoms with van der Waals surface area (Å²) in [6, 6.07) is 14.3. The van der Waals surface area contributed by atoms with Gasteiger partial charge in [0.25, 0.3) is 0 Å². The van der Waals surface area contributed by atoms with Crippen molar-refractivity contribution >= 4 is 23.1 Å². The molecule has 2 nitrogen and oxygen atoms in total. The molecule has 0 unspecified atom stereocenters. The highest BCUT2D eigenvalue weighted by atomic mass is 32.2. The smallest absolute Gasteiger partial charge is 0.146 e. The lowest BCUT2D eigenvalue weighted by molar-refractivity contribution is 0.627. The van der Waals surface area contributed by atoms with E-state index in [1.165, 1.54) is 17.8 Å². The fraction of sp³-hybridized carbons (Fsp3) is 0.133. The van der Waals surface area contributed by atoms with Crippen LogP contribution in [0.3, 0.4) is 0 Å². The molecule has 96 valence electrons. The highest BCUT2D eigenvalue weighted by Gasteiger charge is 2.14. The minimum Gasteiger partial charge on any atom is -0.341 e. The molecular weight excluding hydrogens is 259 g/mol. The molecule has 0 atom stereocenters. The SMILES string of the molecule is CSc1cccc(N(C)c2ccccc2F)c1C#N. The molecule has 0 radical (unpaired) electrons. The van der Waals surface area contributed by atoms with Crippen LogP contribution in [0.1, 0.15) is 5.56 Å². The lowest BCUT2D eigenvalue weighted by Crippen LogP contribution is -2.13. The van der Waals surface area contributed by atoms with E-state index in [9.17, 15) is 9.65 Å². The third-order valence-corrected chi connectivity index (χ3v) is 3.69. The molecule has 19 heavy (non-hydrogen) atoms. The van der Waals surface area contributed by atoms with Crippen LogP contribution in [0.25, 0.3) is 0 Å². The van der Waals surface area contributed by atoms with Crippen LogP contribution in [-0.2, 0) is 0 Å². The maximum atomic E-state index is 13.8. The lowest BCUT2D eigenvalue weighted by atomic mass is 10.1. The lowest BCUT2D eigenvalue weighted by Gasteiger charge is -2.22. The maximum Gasteiger partial charge on any atom is 0.146 e. The van der Waals surface area contributed by atoms with Gasteiger partial charge in [0.2, 0.25) is 0 Å². The Morgan fingerprint density at radius 2 is 1.79 bits per heavy atom. The van der Waals surface area contributed by atoms with Gasteiger partial charge in [-0.25, -0.2) is 4.39 Å². The van der Waals surface area contributed by atoms with Crippen LogP contribution in [0.5, 0.6) is 0 Å². The largest absolute Gasteiger partial charge is 0.341 e. The number of thioether (sulfide) groups is 1. The van der Waals surface area contributed by atoms with Gasteiger partial charge in [-0.3, -0.25) is 0 Å². The number of para-hydroxylation sites is 1. The summed E-state index contributed by atoms with van der Waals surface area (Å²) in [4.78, 5) is 2.59. The normalized spacial score (nSPS) is 10.0. The van der Waals surface area contributed by atoms with E-state index in [-0.39, 0.29) is 5.82 Å². The predicted molar refractivity (Wildman–Crippen MR) is 77.4 cm³/mol. The van der Waals surface area contributed by atoms with Crippen molar-refractivity contribution < 1.29 is 4.39 Å². The summed E-state index contributed by atoms with van der Waals surface area (Å²) < 4.78 is 13.8. The molecule has 0 heterocycles. The number of rotatable bonds is 3. The van der Waals surface area contributed by atoms with Crippen molar-refractivity contribution in [1.29, 1.82) is 5.26 Å². The Bertz CT molecular complexity index is 634. The monoisotopic (exact) mass is 272 g/mol. The third-order valence-electron chi connectivity index (χ3n) is 2.91. The van der Waals surface area contributed by atoms with E-state index in [4.69, 9.17) is 0 Å². The van der Waals surface area contributed by atoms with Crippen LogP contribution >= 0.6 is 11.8 Å².